The Kier molecular flexibility index (Phi) is 4.52. The van der Waals surface area contributed by atoms with Gasteiger partial charge in [-0.1, -0.05) is 12.1 Å². The third-order valence-corrected chi connectivity index (χ3v) is 3.68. The summed E-state index contributed by atoms with van der Waals surface area (Å²) in [5.74, 6) is 4.83. The van der Waals surface area contributed by atoms with Gasteiger partial charge in [-0.2, -0.15) is 0 Å². The second-order valence-electron chi connectivity index (χ2n) is 5.02. The van der Waals surface area contributed by atoms with Crippen LogP contribution in [0.1, 0.15) is 29.3 Å². The van der Waals surface area contributed by atoms with Crippen LogP contribution in [0.15, 0.2) is 24.3 Å². The maximum absolute atomic E-state index is 11.3. The van der Waals surface area contributed by atoms with E-state index in [1.807, 2.05) is 12.1 Å². The Hall–Kier alpha value is -1.43. The molecule has 1 aliphatic heterocycles. The van der Waals surface area contributed by atoms with Gasteiger partial charge in [-0.3, -0.25) is 15.1 Å². The number of nitrogen functional groups attached to an aromatic ring is 1. The van der Waals surface area contributed by atoms with Crippen molar-refractivity contribution >= 4 is 5.91 Å². The molecule has 1 amide bonds. The van der Waals surface area contributed by atoms with E-state index in [-0.39, 0.29) is 12.0 Å². The molecule has 1 aromatic rings. The zero-order valence-corrected chi connectivity index (χ0v) is 11.4. The van der Waals surface area contributed by atoms with Crippen LogP contribution in [-0.2, 0) is 11.3 Å². The van der Waals surface area contributed by atoms with Crippen LogP contribution in [-0.4, -0.2) is 36.6 Å². The van der Waals surface area contributed by atoms with Crippen molar-refractivity contribution in [2.24, 2.45) is 5.84 Å². The molecule has 3 N–H and O–H groups in total. The highest BCUT2D eigenvalue weighted by atomic mass is 16.5. The van der Waals surface area contributed by atoms with E-state index in [0.29, 0.717) is 11.6 Å². The molecule has 5 heteroatoms. The van der Waals surface area contributed by atoms with E-state index in [2.05, 4.69) is 24.3 Å². The van der Waals surface area contributed by atoms with Gasteiger partial charge in [0, 0.05) is 24.8 Å². The highest BCUT2D eigenvalue weighted by Gasteiger charge is 2.27. The average Bonchev–Trinajstić information content (AvgIpc) is 2.85. The minimum atomic E-state index is -0.266. The summed E-state index contributed by atoms with van der Waals surface area (Å²) in [5, 5.41) is 0. The van der Waals surface area contributed by atoms with Crippen LogP contribution in [0.3, 0.4) is 0 Å². The number of ether oxygens (including phenoxy) is 1. The summed E-state index contributed by atoms with van der Waals surface area (Å²) in [6, 6.07) is 7.97. The lowest BCUT2D eigenvalue weighted by atomic mass is 10.1. The van der Waals surface area contributed by atoms with Crippen LogP contribution in [0.25, 0.3) is 0 Å². The molecule has 5 nitrogen and oxygen atoms in total. The second-order valence-corrected chi connectivity index (χ2v) is 5.02. The van der Waals surface area contributed by atoms with Gasteiger partial charge in [0.1, 0.15) is 0 Å². The first-order chi connectivity index (χ1) is 9.11. The number of nitrogens with zero attached hydrogens (tertiary/aromatic N) is 1. The van der Waals surface area contributed by atoms with Gasteiger partial charge in [0.25, 0.3) is 5.91 Å². The van der Waals surface area contributed by atoms with Gasteiger partial charge >= 0.3 is 0 Å². The maximum atomic E-state index is 11.3. The van der Waals surface area contributed by atoms with Crippen molar-refractivity contribution in [3.8, 4) is 0 Å². The van der Waals surface area contributed by atoms with Gasteiger partial charge in [0.15, 0.2) is 0 Å². The number of nitrogens with two attached hydrogens (primary N) is 1. The number of hydrogen-bond donors (Lipinski definition) is 2. The smallest absolute Gasteiger partial charge is 0.265 e. The Labute approximate surface area is 113 Å². The van der Waals surface area contributed by atoms with Gasteiger partial charge in [-0.05, 0) is 38.1 Å². The molecule has 0 spiro atoms. The molecular weight excluding hydrogens is 242 g/mol. The highest BCUT2D eigenvalue weighted by Crippen LogP contribution is 2.20. The molecule has 1 heterocycles. The number of amides is 1. The monoisotopic (exact) mass is 263 g/mol. The number of rotatable bonds is 4. The second kappa shape index (κ2) is 6.14. The van der Waals surface area contributed by atoms with E-state index in [0.717, 1.165) is 19.6 Å². The summed E-state index contributed by atoms with van der Waals surface area (Å²) in [4.78, 5) is 13.6. The lowest BCUT2D eigenvalue weighted by molar-refractivity contribution is 0.0814. The Morgan fingerprint density at radius 3 is 2.68 bits per heavy atom. The SMILES string of the molecule is CC1OCCC1N(C)Cc1ccc(C(=O)NN)cc1. The molecule has 19 heavy (non-hydrogen) atoms. The largest absolute Gasteiger partial charge is 0.377 e. The minimum Gasteiger partial charge on any atom is -0.377 e. The van der Waals surface area contributed by atoms with E-state index in [1.54, 1.807) is 12.1 Å². The van der Waals surface area contributed by atoms with Crippen molar-refractivity contribution < 1.29 is 9.53 Å². The zero-order valence-electron chi connectivity index (χ0n) is 11.4. The zero-order chi connectivity index (χ0) is 13.8. The van der Waals surface area contributed by atoms with Crippen molar-refractivity contribution in [3.63, 3.8) is 0 Å². The fraction of sp³-hybridized carbons (Fsp3) is 0.500. The molecule has 1 aromatic carbocycles. The van der Waals surface area contributed by atoms with Crippen molar-refractivity contribution in [2.75, 3.05) is 13.7 Å². The Bertz CT molecular complexity index is 433. The summed E-state index contributed by atoms with van der Waals surface area (Å²) in [5.41, 5.74) is 3.88. The number of carbonyl (C=O) groups excluding carboxylic acids is 1. The molecule has 1 saturated heterocycles. The van der Waals surface area contributed by atoms with Gasteiger partial charge in [0.2, 0.25) is 0 Å². The van der Waals surface area contributed by atoms with E-state index >= 15 is 0 Å². The molecule has 0 bridgehead atoms. The molecule has 2 unspecified atom stereocenters. The quantitative estimate of drug-likeness (QED) is 0.481. The van der Waals surface area contributed by atoms with Crippen LogP contribution >= 0.6 is 0 Å². The Morgan fingerprint density at radius 2 is 2.16 bits per heavy atom. The summed E-state index contributed by atoms with van der Waals surface area (Å²) in [7, 11) is 2.11. The van der Waals surface area contributed by atoms with Gasteiger partial charge in [-0.15, -0.1) is 0 Å². The van der Waals surface area contributed by atoms with Crippen LogP contribution in [0, 0.1) is 0 Å². The number of nitrogens with one attached hydrogen (secondary N) is 1. The normalized spacial score (nSPS) is 22.7. The molecule has 0 radical (unpaired) electrons. The lowest BCUT2D eigenvalue weighted by Crippen LogP contribution is -2.36. The Morgan fingerprint density at radius 1 is 1.47 bits per heavy atom. The molecule has 0 aliphatic carbocycles. The predicted molar refractivity (Wildman–Crippen MR) is 73.4 cm³/mol. The average molecular weight is 263 g/mol. The third-order valence-electron chi connectivity index (χ3n) is 3.68. The van der Waals surface area contributed by atoms with Crippen molar-refractivity contribution in [3.05, 3.63) is 35.4 Å². The molecule has 1 aliphatic rings. The molecule has 0 saturated carbocycles. The number of hydrogen-bond acceptors (Lipinski definition) is 4. The Balaban J connectivity index is 1.97. The first-order valence-corrected chi connectivity index (χ1v) is 6.53. The molecular formula is C14H21N3O2. The standard InChI is InChI=1S/C14H21N3O2/c1-10-13(7-8-19-10)17(2)9-11-3-5-12(6-4-11)14(18)16-15/h3-6,10,13H,7-9,15H2,1-2H3,(H,16,18). The van der Waals surface area contributed by atoms with Crippen LogP contribution in [0.2, 0.25) is 0 Å². The molecule has 104 valence electrons. The summed E-state index contributed by atoms with van der Waals surface area (Å²) >= 11 is 0. The van der Waals surface area contributed by atoms with Gasteiger partial charge < -0.3 is 4.74 Å². The van der Waals surface area contributed by atoms with E-state index in [9.17, 15) is 4.79 Å². The summed E-state index contributed by atoms with van der Waals surface area (Å²) in [6.45, 7) is 3.80. The van der Waals surface area contributed by atoms with Crippen molar-refractivity contribution in [1.29, 1.82) is 0 Å². The fourth-order valence-electron chi connectivity index (χ4n) is 2.55. The number of likely N-dealkylation sites (N-methyl/N-ethyl adjacent to an activating group) is 1. The maximum Gasteiger partial charge on any atom is 0.265 e. The van der Waals surface area contributed by atoms with E-state index in [4.69, 9.17) is 10.6 Å². The first kappa shape index (κ1) is 14.0. The van der Waals surface area contributed by atoms with E-state index < -0.39 is 0 Å². The first-order valence-electron chi connectivity index (χ1n) is 6.53. The molecule has 0 aromatic heterocycles. The van der Waals surface area contributed by atoms with Crippen LogP contribution in [0.5, 0.6) is 0 Å². The lowest BCUT2D eigenvalue weighted by Gasteiger charge is -2.26. The van der Waals surface area contributed by atoms with E-state index in [1.165, 1.54) is 5.56 Å². The van der Waals surface area contributed by atoms with Crippen molar-refractivity contribution in [2.45, 2.75) is 32.0 Å². The molecule has 2 atom stereocenters. The van der Waals surface area contributed by atoms with Crippen LogP contribution in [0.4, 0.5) is 0 Å². The minimum absolute atomic E-state index is 0.266. The fourth-order valence-corrected chi connectivity index (χ4v) is 2.55. The summed E-state index contributed by atoms with van der Waals surface area (Å²) < 4.78 is 5.58. The highest BCUT2D eigenvalue weighted by molar-refractivity contribution is 5.93. The number of benzene rings is 1. The van der Waals surface area contributed by atoms with Crippen LogP contribution < -0.4 is 11.3 Å². The number of carbonyl (C=O) groups is 1. The number of hydrazine groups is 1. The third kappa shape index (κ3) is 3.32. The molecule has 1 fully saturated rings. The van der Waals surface area contributed by atoms with Crippen molar-refractivity contribution in [1.82, 2.24) is 10.3 Å². The van der Waals surface area contributed by atoms with Gasteiger partial charge in [-0.25, -0.2) is 5.84 Å². The predicted octanol–water partition coefficient (Wildman–Crippen LogP) is 0.899. The topological polar surface area (TPSA) is 67.6 Å². The van der Waals surface area contributed by atoms with Gasteiger partial charge in [0.05, 0.1) is 6.10 Å². The summed E-state index contributed by atoms with van der Waals surface area (Å²) in [6.07, 6.45) is 1.36. The molecule has 2 rings (SSSR count).